The summed E-state index contributed by atoms with van der Waals surface area (Å²) in [5.74, 6) is -0.256. The zero-order valence-corrected chi connectivity index (χ0v) is 10.5. The molecular formula is C13H19NO4. The Morgan fingerprint density at radius 1 is 1.33 bits per heavy atom. The maximum Gasteiger partial charge on any atom is 0.246 e. The number of hydrogen-bond donors (Lipinski definition) is 2. The third-order valence-electron chi connectivity index (χ3n) is 2.38. The number of carbonyl (C=O) groups is 1. The molecule has 0 spiro atoms. The first-order valence-corrected chi connectivity index (χ1v) is 5.79. The fourth-order valence-corrected chi connectivity index (χ4v) is 1.46. The fourth-order valence-electron chi connectivity index (χ4n) is 1.46. The van der Waals surface area contributed by atoms with E-state index in [2.05, 4.69) is 5.32 Å². The third kappa shape index (κ3) is 5.27. The summed E-state index contributed by atoms with van der Waals surface area (Å²) < 4.78 is 9.90. The predicted molar refractivity (Wildman–Crippen MR) is 67.1 cm³/mol. The summed E-state index contributed by atoms with van der Waals surface area (Å²) in [5, 5.41) is 12.0. The van der Waals surface area contributed by atoms with E-state index in [0.717, 1.165) is 5.56 Å². The third-order valence-corrected chi connectivity index (χ3v) is 2.38. The Kier molecular flexibility index (Phi) is 7.01. The molecule has 5 nitrogen and oxygen atoms in total. The van der Waals surface area contributed by atoms with Crippen LogP contribution < -0.4 is 5.32 Å². The Hall–Kier alpha value is -1.43. The molecule has 1 aromatic carbocycles. The van der Waals surface area contributed by atoms with E-state index >= 15 is 0 Å². The number of methoxy groups -OCH3 is 1. The number of aliphatic hydroxyl groups excluding tert-OH is 1. The Morgan fingerprint density at radius 3 is 2.67 bits per heavy atom. The van der Waals surface area contributed by atoms with Crippen molar-refractivity contribution in [3.05, 3.63) is 35.9 Å². The largest absolute Gasteiger partial charge is 0.394 e. The quantitative estimate of drug-likeness (QED) is 0.662. The first-order chi connectivity index (χ1) is 8.77. The van der Waals surface area contributed by atoms with Gasteiger partial charge in [-0.2, -0.15) is 0 Å². The van der Waals surface area contributed by atoms with Crippen LogP contribution in [0.2, 0.25) is 0 Å². The van der Waals surface area contributed by atoms with Gasteiger partial charge in [0, 0.05) is 7.11 Å². The van der Waals surface area contributed by atoms with Crippen molar-refractivity contribution < 1.29 is 19.4 Å². The van der Waals surface area contributed by atoms with E-state index in [1.807, 2.05) is 30.3 Å². The molecule has 0 aromatic heterocycles. The molecule has 100 valence electrons. The molecule has 0 aliphatic heterocycles. The molecule has 1 aromatic rings. The van der Waals surface area contributed by atoms with E-state index in [1.165, 1.54) is 0 Å². The Labute approximate surface area is 107 Å². The molecule has 2 N–H and O–H groups in total. The average molecular weight is 253 g/mol. The normalized spacial score (nSPS) is 12.1. The van der Waals surface area contributed by atoms with E-state index in [0.29, 0.717) is 13.2 Å². The van der Waals surface area contributed by atoms with Crippen molar-refractivity contribution >= 4 is 5.91 Å². The first kappa shape index (κ1) is 14.6. The van der Waals surface area contributed by atoms with Gasteiger partial charge >= 0.3 is 0 Å². The van der Waals surface area contributed by atoms with Gasteiger partial charge in [-0.3, -0.25) is 4.79 Å². The van der Waals surface area contributed by atoms with Gasteiger partial charge in [-0.1, -0.05) is 30.3 Å². The minimum Gasteiger partial charge on any atom is -0.394 e. The van der Waals surface area contributed by atoms with Gasteiger partial charge in [0.25, 0.3) is 0 Å². The highest BCUT2D eigenvalue weighted by Crippen LogP contribution is 2.11. The summed E-state index contributed by atoms with van der Waals surface area (Å²) in [4.78, 5) is 11.6. The molecule has 18 heavy (non-hydrogen) atoms. The lowest BCUT2D eigenvalue weighted by atomic mass is 10.1. The van der Waals surface area contributed by atoms with Crippen molar-refractivity contribution in [3.8, 4) is 0 Å². The van der Waals surface area contributed by atoms with Crippen molar-refractivity contribution in [2.24, 2.45) is 0 Å². The molecule has 0 aliphatic carbocycles. The summed E-state index contributed by atoms with van der Waals surface area (Å²) in [6.07, 6.45) is 0. The van der Waals surface area contributed by atoms with Crippen molar-refractivity contribution in [1.29, 1.82) is 0 Å². The van der Waals surface area contributed by atoms with Gasteiger partial charge in [0.15, 0.2) is 0 Å². The van der Waals surface area contributed by atoms with Crippen molar-refractivity contribution in [1.82, 2.24) is 5.32 Å². The fraction of sp³-hybridized carbons (Fsp3) is 0.462. The lowest BCUT2D eigenvalue weighted by Crippen LogP contribution is -2.33. The molecule has 1 atom stereocenters. The molecule has 0 fully saturated rings. The minimum absolute atomic E-state index is 0.0350. The standard InChI is InChI=1S/C13H19NO4/c1-17-7-8-18-10-13(16)14-12(9-15)11-5-3-2-4-6-11/h2-6,12,15H,7-10H2,1H3,(H,14,16). The molecule has 5 heteroatoms. The van der Waals surface area contributed by atoms with Crippen LogP contribution in [0.1, 0.15) is 11.6 Å². The first-order valence-electron chi connectivity index (χ1n) is 5.79. The lowest BCUT2D eigenvalue weighted by molar-refractivity contribution is -0.127. The molecule has 0 radical (unpaired) electrons. The number of benzene rings is 1. The van der Waals surface area contributed by atoms with Gasteiger partial charge in [-0.15, -0.1) is 0 Å². The van der Waals surface area contributed by atoms with Crippen molar-refractivity contribution in [2.45, 2.75) is 6.04 Å². The van der Waals surface area contributed by atoms with E-state index in [9.17, 15) is 9.90 Å². The molecule has 0 saturated carbocycles. The predicted octanol–water partition coefficient (Wildman–Crippen LogP) is 0.499. The van der Waals surface area contributed by atoms with Crippen molar-refractivity contribution in [2.75, 3.05) is 33.5 Å². The second kappa shape index (κ2) is 8.63. The van der Waals surface area contributed by atoms with E-state index in [-0.39, 0.29) is 19.1 Å². The minimum atomic E-state index is -0.398. The van der Waals surface area contributed by atoms with Gasteiger partial charge in [-0.05, 0) is 5.56 Å². The number of carbonyl (C=O) groups excluding carboxylic acids is 1. The topological polar surface area (TPSA) is 67.8 Å². The highest BCUT2D eigenvalue weighted by atomic mass is 16.5. The number of rotatable bonds is 8. The second-order valence-corrected chi connectivity index (χ2v) is 3.76. The van der Waals surface area contributed by atoms with Crippen LogP contribution in [0.5, 0.6) is 0 Å². The van der Waals surface area contributed by atoms with Gasteiger partial charge in [0.05, 0.1) is 25.9 Å². The Bertz CT molecular complexity index is 342. The van der Waals surface area contributed by atoms with E-state index in [4.69, 9.17) is 9.47 Å². The number of ether oxygens (including phenoxy) is 2. The van der Waals surface area contributed by atoms with Gasteiger partial charge in [0.2, 0.25) is 5.91 Å². The molecule has 0 saturated heterocycles. The van der Waals surface area contributed by atoms with Gasteiger partial charge in [-0.25, -0.2) is 0 Å². The van der Waals surface area contributed by atoms with Gasteiger partial charge in [0.1, 0.15) is 6.61 Å². The highest BCUT2D eigenvalue weighted by Gasteiger charge is 2.12. The Morgan fingerprint density at radius 2 is 2.06 bits per heavy atom. The average Bonchev–Trinajstić information content (AvgIpc) is 2.42. The van der Waals surface area contributed by atoms with Crippen LogP contribution in [0.25, 0.3) is 0 Å². The molecular weight excluding hydrogens is 234 g/mol. The van der Waals surface area contributed by atoms with Crippen LogP contribution >= 0.6 is 0 Å². The number of aliphatic hydroxyl groups is 1. The number of amides is 1. The zero-order valence-electron chi connectivity index (χ0n) is 10.5. The molecule has 0 heterocycles. The van der Waals surface area contributed by atoms with Crippen LogP contribution in [0.3, 0.4) is 0 Å². The Balaban J connectivity index is 2.37. The van der Waals surface area contributed by atoms with E-state index in [1.54, 1.807) is 7.11 Å². The maximum absolute atomic E-state index is 11.6. The molecule has 0 bridgehead atoms. The molecule has 1 amide bonds. The monoisotopic (exact) mass is 253 g/mol. The molecule has 0 aliphatic rings. The number of nitrogens with one attached hydrogen (secondary N) is 1. The molecule has 1 unspecified atom stereocenters. The van der Waals surface area contributed by atoms with Crippen LogP contribution in [-0.4, -0.2) is 44.6 Å². The summed E-state index contributed by atoms with van der Waals surface area (Å²) in [6, 6.07) is 8.91. The summed E-state index contributed by atoms with van der Waals surface area (Å²) >= 11 is 0. The SMILES string of the molecule is COCCOCC(=O)NC(CO)c1ccccc1. The highest BCUT2D eigenvalue weighted by molar-refractivity contribution is 5.77. The van der Waals surface area contributed by atoms with Crippen molar-refractivity contribution in [3.63, 3.8) is 0 Å². The summed E-state index contributed by atoms with van der Waals surface area (Å²) in [5.41, 5.74) is 0.866. The van der Waals surface area contributed by atoms with Gasteiger partial charge < -0.3 is 19.9 Å². The van der Waals surface area contributed by atoms with E-state index < -0.39 is 6.04 Å². The second-order valence-electron chi connectivity index (χ2n) is 3.76. The van der Waals surface area contributed by atoms with Crippen LogP contribution in [-0.2, 0) is 14.3 Å². The lowest BCUT2D eigenvalue weighted by Gasteiger charge is -2.16. The maximum atomic E-state index is 11.6. The van der Waals surface area contributed by atoms with Crippen LogP contribution in [0.15, 0.2) is 30.3 Å². The smallest absolute Gasteiger partial charge is 0.246 e. The summed E-state index contributed by atoms with van der Waals surface area (Å²) in [6.45, 7) is 0.648. The summed E-state index contributed by atoms with van der Waals surface area (Å²) in [7, 11) is 1.57. The zero-order chi connectivity index (χ0) is 13.2. The van der Waals surface area contributed by atoms with Crippen LogP contribution in [0.4, 0.5) is 0 Å². The van der Waals surface area contributed by atoms with Crippen LogP contribution in [0, 0.1) is 0 Å². The molecule has 1 rings (SSSR count). The number of hydrogen-bond acceptors (Lipinski definition) is 4.